The van der Waals surface area contributed by atoms with Gasteiger partial charge < -0.3 is 10.6 Å². The van der Waals surface area contributed by atoms with Crippen molar-refractivity contribution in [3.05, 3.63) is 29.3 Å². The fourth-order valence-corrected chi connectivity index (χ4v) is 3.30. The number of para-hydroxylation sites is 1. The molecular weight excluding hydrogens is 246 g/mol. The molecule has 4 heteroatoms. The van der Waals surface area contributed by atoms with Crippen molar-refractivity contribution < 1.29 is 0 Å². The van der Waals surface area contributed by atoms with Gasteiger partial charge in [0.15, 0.2) is 5.96 Å². The summed E-state index contributed by atoms with van der Waals surface area (Å²) in [5.41, 5.74) is 7.16. The molecule has 0 saturated heterocycles. The van der Waals surface area contributed by atoms with Crippen LogP contribution in [0.25, 0.3) is 0 Å². The lowest BCUT2D eigenvalue weighted by atomic mass is 9.88. The van der Waals surface area contributed by atoms with Gasteiger partial charge in [-0.05, 0) is 37.3 Å². The Morgan fingerprint density at radius 1 is 1.44 bits per heavy atom. The molecule has 1 aromatic rings. The SMILES string of the molecule is CCC1(C2CC2)CN=C(N)N1c1ccccc1Cl. The molecule has 1 aliphatic carbocycles. The van der Waals surface area contributed by atoms with E-state index in [9.17, 15) is 0 Å². The molecule has 2 N–H and O–H groups in total. The van der Waals surface area contributed by atoms with Gasteiger partial charge in [0.1, 0.15) is 0 Å². The van der Waals surface area contributed by atoms with Crippen LogP contribution in [0, 0.1) is 5.92 Å². The van der Waals surface area contributed by atoms with Crippen LogP contribution in [0.5, 0.6) is 0 Å². The molecule has 96 valence electrons. The summed E-state index contributed by atoms with van der Waals surface area (Å²) in [4.78, 5) is 6.66. The molecule has 3 rings (SSSR count). The number of nitrogens with two attached hydrogens (primary N) is 1. The van der Waals surface area contributed by atoms with E-state index in [2.05, 4.69) is 16.8 Å². The number of nitrogens with zero attached hydrogens (tertiary/aromatic N) is 2. The molecule has 1 aliphatic heterocycles. The average Bonchev–Trinajstić information content (AvgIpc) is 3.16. The minimum Gasteiger partial charge on any atom is -0.369 e. The van der Waals surface area contributed by atoms with Crippen molar-refractivity contribution in [3.8, 4) is 0 Å². The molecule has 1 saturated carbocycles. The summed E-state index contributed by atoms with van der Waals surface area (Å²) in [5.74, 6) is 1.31. The highest BCUT2D eigenvalue weighted by Gasteiger charge is 2.52. The number of halogens is 1. The normalized spacial score (nSPS) is 27.4. The van der Waals surface area contributed by atoms with Gasteiger partial charge in [0.25, 0.3) is 0 Å². The molecule has 1 atom stereocenters. The van der Waals surface area contributed by atoms with Crippen molar-refractivity contribution in [2.45, 2.75) is 31.7 Å². The molecule has 18 heavy (non-hydrogen) atoms. The summed E-state index contributed by atoms with van der Waals surface area (Å²) >= 11 is 6.33. The van der Waals surface area contributed by atoms with E-state index in [0.717, 1.165) is 23.7 Å². The largest absolute Gasteiger partial charge is 0.369 e. The fourth-order valence-electron chi connectivity index (χ4n) is 3.07. The van der Waals surface area contributed by atoms with Gasteiger partial charge in [-0.1, -0.05) is 30.7 Å². The summed E-state index contributed by atoms with van der Waals surface area (Å²) < 4.78 is 0. The Hall–Kier alpha value is -1.22. The number of hydrogen-bond donors (Lipinski definition) is 1. The van der Waals surface area contributed by atoms with Gasteiger partial charge >= 0.3 is 0 Å². The van der Waals surface area contributed by atoms with Crippen LogP contribution < -0.4 is 10.6 Å². The maximum atomic E-state index is 6.33. The van der Waals surface area contributed by atoms with E-state index in [1.54, 1.807) is 0 Å². The molecule has 1 fully saturated rings. The number of benzene rings is 1. The van der Waals surface area contributed by atoms with E-state index in [-0.39, 0.29) is 5.54 Å². The lowest BCUT2D eigenvalue weighted by Gasteiger charge is -2.39. The highest BCUT2D eigenvalue weighted by Crippen LogP contribution is 2.49. The molecule has 1 aromatic carbocycles. The molecule has 0 bridgehead atoms. The monoisotopic (exact) mass is 263 g/mol. The third-order valence-corrected chi connectivity index (χ3v) is 4.55. The van der Waals surface area contributed by atoms with E-state index in [0.29, 0.717) is 11.9 Å². The number of rotatable bonds is 3. The van der Waals surface area contributed by atoms with Gasteiger partial charge in [-0.3, -0.25) is 4.99 Å². The fraction of sp³-hybridized carbons (Fsp3) is 0.500. The van der Waals surface area contributed by atoms with Gasteiger partial charge in [0.2, 0.25) is 0 Å². The Morgan fingerprint density at radius 2 is 2.17 bits per heavy atom. The quantitative estimate of drug-likeness (QED) is 0.911. The first-order chi connectivity index (χ1) is 8.69. The zero-order chi connectivity index (χ0) is 12.8. The molecule has 0 amide bonds. The van der Waals surface area contributed by atoms with Gasteiger partial charge in [-0.25, -0.2) is 0 Å². The van der Waals surface area contributed by atoms with Crippen molar-refractivity contribution >= 4 is 23.2 Å². The van der Waals surface area contributed by atoms with E-state index in [1.807, 2.05) is 24.3 Å². The Balaban J connectivity index is 2.06. The van der Waals surface area contributed by atoms with E-state index >= 15 is 0 Å². The molecule has 2 aliphatic rings. The highest BCUT2D eigenvalue weighted by atomic mass is 35.5. The molecule has 3 nitrogen and oxygen atoms in total. The van der Waals surface area contributed by atoms with Gasteiger partial charge in [0, 0.05) is 0 Å². The maximum absolute atomic E-state index is 6.33. The lowest BCUT2D eigenvalue weighted by Crippen LogP contribution is -2.53. The van der Waals surface area contributed by atoms with E-state index in [4.69, 9.17) is 17.3 Å². The average molecular weight is 264 g/mol. The van der Waals surface area contributed by atoms with Gasteiger partial charge in [-0.2, -0.15) is 0 Å². The van der Waals surface area contributed by atoms with Crippen molar-refractivity contribution in [3.63, 3.8) is 0 Å². The van der Waals surface area contributed by atoms with Crippen LogP contribution in [-0.4, -0.2) is 18.0 Å². The Labute approximate surface area is 113 Å². The smallest absolute Gasteiger partial charge is 0.196 e. The minimum atomic E-state index is 0.0507. The van der Waals surface area contributed by atoms with Crippen molar-refractivity contribution in [1.29, 1.82) is 0 Å². The summed E-state index contributed by atoms with van der Waals surface area (Å²) in [6.45, 7) is 3.02. The zero-order valence-corrected chi connectivity index (χ0v) is 11.3. The standard InChI is InChI=1S/C14H18ClN3/c1-2-14(10-7-8-10)9-17-13(16)18(14)12-6-4-3-5-11(12)15/h3-6,10H,2,7-9H2,1H3,(H2,16,17). The zero-order valence-electron chi connectivity index (χ0n) is 10.6. The Morgan fingerprint density at radius 3 is 2.78 bits per heavy atom. The number of hydrogen-bond acceptors (Lipinski definition) is 3. The third kappa shape index (κ3) is 1.61. The van der Waals surface area contributed by atoms with Crippen LogP contribution >= 0.6 is 11.6 Å². The number of aliphatic imine (C=N–C) groups is 1. The summed E-state index contributed by atoms with van der Waals surface area (Å²) in [5, 5.41) is 0.746. The highest BCUT2D eigenvalue weighted by molar-refractivity contribution is 6.34. The summed E-state index contributed by atoms with van der Waals surface area (Å²) in [6.07, 6.45) is 3.60. The second kappa shape index (κ2) is 4.16. The Kier molecular flexibility index (Phi) is 2.74. The number of guanidine groups is 1. The van der Waals surface area contributed by atoms with Crippen LogP contribution in [0.2, 0.25) is 5.02 Å². The van der Waals surface area contributed by atoms with Crippen LogP contribution in [0.1, 0.15) is 26.2 Å². The molecule has 0 aromatic heterocycles. The van der Waals surface area contributed by atoms with Crippen molar-refractivity contribution in [1.82, 2.24) is 0 Å². The molecular formula is C14H18ClN3. The first kappa shape index (κ1) is 11.8. The van der Waals surface area contributed by atoms with Gasteiger partial charge in [-0.15, -0.1) is 0 Å². The molecule has 1 heterocycles. The molecule has 0 radical (unpaired) electrons. The first-order valence-corrected chi connectivity index (χ1v) is 6.91. The number of anilines is 1. The third-order valence-electron chi connectivity index (χ3n) is 4.23. The summed E-state index contributed by atoms with van der Waals surface area (Å²) in [7, 11) is 0. The van der Waals surface area contributed by atoms with E-state index in [1.165, 1.54) is 12.8 Å². The summed E-state index contributed by atoms with van der Waals surface area (Å²) in [6, 6.07) is 7.89. The van der Waals surface area contributed by atoms with Crippen molar-refractivity contribution in [2.75, 3.05) is 11.4 Å². The van der Waals surface area contributed by atoms with Crippen LogP contribution in [-0.2, 0) is 0 Å². The van der Waals surface area contributed by atoms with Gasteiger partial charge in [0.05, 0.1) is 22.8 Å². The predicted octanol–water partition coefficient (Wildman–Crippen LogP) is 3.03. The van der Waals surface area contributed by atoms with Crippen LogP contribution in [0.4, 0.5) is 5.69 Å². The van der Waals surface area contributed by atoms with E-state index < -0.39 is 0 Å². The topological polar surface area (TPSA) is 41.6 Å². The second-order valence-corrected chi connectivity index (χ2v) is 5.60. The molecule has 1 unspecified atom stereocenters. The minimum absolute atomic E-state index is 0.0507. The van der Waals surface area contributed by atoms with Crippen molar-refractivity contribution in [2.24, 2.45) is 16.6 Å². The second-order valence-electron chi connectivity index (χ2n) is 5.19. The lowest BCUT2D eigenvalue weighted by molar-refractivity contribution is 0.386. The van der Waals surface area contributed by atoms with Crippen LogP contribution in [0.3, 0.4) is 0 Å². The predicted molar refractivity (Wildman–Crippen MR) is 76.2 cm³/mol. The maximum Gasteiger partial charge on any atom is 0.196 e. The Bertz CT molecular complexity index is 496. The first-order valence-electron chi connectivity index (χ1n) is 6.54. The molecule has 0 spiro atoms. The van der Waals surface area contributed by atoms with Crippen LogP contribution in [0.15, 0.2) is 29.3 Å².